The topological polar surface area (TPSA) is 62.6 Å². The fraction of sp³-hybridized carbons (Fsp3) is 0.529. The molecule has 0 radical (unpaired) electrons. The number of fused-ring (bicyclic) bond motifs is 1. The van der Waals surface area contributed by atoms with Crippen molar-refractivity contribution in [2.45, 2.75) is 39.3 Å². The summed E-state index contributed by atoms with van der Waals surface area (Å²) < 4.78 is 18.0. The molecule has 0 atom stereocenters. The molecule has 0 aliphatic heterocycles. The number of ether oxygens (including phenoxy) is 3. The molecule has 2 rings (SSSR count). The van der Waals surface area contributed by atoms with Crippen LogP contribution in [0.4, 0.5) is 0 Å². The minimum absolute atomic E-state index is 0.125. The predicted molar refractivity (Wildman–Crippen MR) is 106 cm³/mol. The fourth-order valence-corrected chi connectivity index (χ4v) is 3.89. The Balaban J connectivity index is 2.51. The van der Waals surface area contributed by atoms with Gasteiger partial charge < -0.3 is 18.8 Å². The van der Waals surface area contributed by atoms with E-state index in [9.17, 15) is 4.79 Å². The summed E-state index contributed by atoms with van der Waals surface area (Å²) in [5.41, 5.74) is 0.700. The van der Waals surface area contributed by atoms with Crippen molar-refractivity contribution in [3.63, 3.8) is 0 Å². The second-order valence-electron chi connectivity index (χ2n) is 7.00. The van der Waals surface area contributed by atoms with Gasteiger partial charge in [0.05, 0.1) is 30.0 Å². The molecule has 144 valence electrons. The summed E-state index contributed by atoms with van der Waals surface area (Å²) in [6.07, 6.45) is 1.44. The van der Waals surface area contributed by atoms with Crippen molar-refractivity contribution in [2.24, 2.45) is 0 Å². The highest BCUT2D eigenvalue weighted by atomic mass is 35.5. The van der Waals surface area contributed by atoms with Crippen molar-refractivity contribution < 1.29 is 19.0 Å². The van der Waals surface area contributed by atoms with Crippen molar-refractivity contribution in [3.05, 3.63) is 21.9 Å². The first-order chi connectivity index (χ1) is 12.2. The molecule has 0 aromatic carbocycles. The molecule has 26 heavy (non-hydrogen) atoms. The summed E-state index contributed by atoms with van der Waals surface area (Å²) in [6, 6.07) is 1.00. The molecule has 2 heterocycles. The van der Waals surface area contributed by atoms with Crippen molar-refractivity contribution in [1.29, 1.82) is 0 Å². The molecule has 6 nitrogen and oxygen atoms in total. The average Bonchev–Trinajstić information content (AvgIpc) is 2.85. The van der Waals surface area contributed by atoms with Crippen LogP contribution in [0.15, 0.2) is 6.20 Å². The SMILES string of the molecule is CCOC(=O)c1c(Cl)c2c(Cl)cnc(OC)c2n1COCC[Si](C)(C)C. The van der Waals surface area contributed by atoms with Crippen LogP contribution in [0, 0.1) is 0 Å². The van der Waals surface area contributed by atoms with Crippen LogP contribution in [0.3, 0.4) is 0 Å². The van der Waals surface area contributed by atoms with E-state index in [1.807, 2.05) is 0 Å². The standard InChI is InChI=1S/C17H24Cl2N2O4Si/c1-6-25-17(22)15-13(19)12-11(18)9-20-16(23-2)14(12)21(15)10-24-7-8-26(3,4)5/h9H,6-8,10H2,1-5H3. The van der Waals surface area contributed by atoms with Crippen molar-refractivity contribution in [1.82, 2.24) is 9.55 Å². The lowest BCUT2D eigenvalue weighted by Gasteiger charge is -2.17. The average molecular weight is 419 g/mol. The lowest BCUT2D eigenvalue weighted by molar-refractivity contribution is 0.0478. The number of hydrogen-bond acceptors (Lipinski definition) is 5. The highest BCUT2D eigenvalue weighted by Gasteiger charge is 2.27. The Kier molecular flexibility index (Phi) is 6.96. The van der Waals surface area contributed by atoms with Gasteiger partial charge in [-0.25, -0.2) is 9.78 Å². The van der Waals surface area contributed by atoms with Crippen LogP contribution in [-0.2, 0) is 16.2 Å². The quantitative estimate of drug-likeness (QED) is 0.348. The van der Waals surface area contributed by atoms with Crippen LogP contribution in [0.25, 0.3) is 10.9 Å². The van der Waals surface area contributed by atoms with E-state index in [1.54, 1.807) is 11.5 Å². The largest absolute Gasteiger partial charge is 0.479 e. The van der Waals surface area contributed by atoms with E-state index in [4.69, 9.17) is 37.4 Å². The smallest absolute Gasteiger partial charge is 0.356 e. The fourth-order valence-electron chi connectivity index (χ4n) is 2.48. The number of esters is 1. The third-order valence-corrected chi connectivity index (χ3v) is 6.18. The van der Waals surface area contributed by atoms with Gasteiger partial charge >= 0.3 is 5.97 Å². The zero-order valence-corrected chi connectivity index (χ0v) is 18.2. The number of rotatable bonds is 8. The number of nitrogens with zero attached hydrogens (tertiary/aromatic N) is 2. The van der Waals surface area contributed by atoms with Crippen LogP contribution in [0.2, 0.25) is 35.7 Å². The van der Waals surface area contributed by atoms with Gasteiger partial charge in [-0.3, -0.25) is 0 Å². The van der Waals surface area contributed by atoms with Crippen LogP contribution < -0.4 is 4.74 Å². The molecule has 0 fully saturated rings. The van der Waals surface area contributed by atoms with Crippen molar-refractivity contribution in [3.8, 4) is 5.88 Å². The van der Waals surface area contributed by atoms with E-state index in [-0.39, 0.29) is 24.1 Å². The third kappa shape index (κ3) is 4.51. The Bertz CT molecular complexity index is 802. The van der Waals surface area contributed by atoms with Gasteiger partial charge in [-0.1, -0.05) is 42.8 Å². The van der Waals surface area contributed by atoms with Gasteiger partial charge in [0.25, 0.3) is 0 Å². The second-order valence-corrected chi connectivity index (χ2v) is 13.4. The Labute approximate surface area is 164 Å². The maximum absolute atomic E-state index is 12.5. The Hall–Kier alpha value is -1.28. The first-order valence-electron chi connectivity index (χ1n) is 8.36. The minimum atomic E-state index is -1.23. The number of carbonyl (C=O) groups excluding carboxylic acids is 1. The number of pyridine rings is 1. The molecular weight excluding hydrogens is 395 g/mol. The maximum atomic E-state index is 12.5. The number of aromatic nitrogens is 2. The van der Waals surface area contributed by atoms with Gasteiger partial charge in [0, 0.05) is 20.1 Å². The lowest BCUT2D eigenvalue weighted by Crippen LogP contribution is -2.22. The molecule has 0 aliphatic carbocycles. The molecular formula is C17H24Cl2N2O4Si. The molecule has 0 saturated heterocycles. The highest BCUT2D eigenvalue weighted by Crippen LogP contribution is 2.39. The number of carbonyl (C=O) groups is 1. The monoisotopic (exact) mass is 418 g/mol. The molecule has 0 amide bonds. The summed E-state index contributed by atoms with van der Waals surface area (Å²) >= 11 is 12.8. The van der Waals surface area contributed by atoms with E-state index in [0.717, 1.165) is 6.04 Å². The van der Waals surface area contributed by atoms with Crippen LogP contribution in [0.5, 0.6) is 5.88 Å². The van der Waals surface area contributed by atoms with Crippen LogP contribution in [-0.4, -0.2) is 43.9 Å². The molecule has 2 aromatic rings. The van der Waals surface area contributed by atoms with E-state index in [2.05, 4.69) is 24.6 Å². The van der Waals surface area contributed by atoms with E-state index in [0.29, 0.717) is 28.4 Å². The molecule has 0 aliphatic rings. The van der Waals surface area contributed by atoms with E-state index in [1.165, 1.54) is 13.3 Å². The van der Waals surface area contributed by atoms with E-state index < -0.39 is 14.0 Å². The summed E-state index contributed by atoms with van der Waals surface area (Å²) in [4.78, 5) is 16.7. The highest BCUT2D eigenvalue weighted by molar-refractivity contribution is 6.76. The zero-order valence-electron chi connectivity index (χ0n) is 15.7. The van der Waals surface area contributed by atoms with Gasteiger partial charge in [-0.2, -0.15) is 0 Å². The van der Waals surface area contributed by atoms with Crippen LogP contribution in [0.1, 0.15) is 17.4 Å². The maximum Gasteiger partial charge on any atom is 0.356 e. The Morgan fingerprint density at radius 1 is 1.31 bits per heavy atom. The molecule has 0 spiro atoms. The third-order valence-electron chi connectivity index (χ3n) is 3.82. The Morgan fingerprint density at radius 2 is 2.00 bits per heavy atom. The molecule has 9 heteroatoms. The Morgan fingerprint density at radius 3 is 2.58 bits per heavy atom. The first kappa shape index (κ1) is 21.0. The number of hydrogen-bond donors (Lipinski definition) is 0. The lowest BCUT2D eigenvalue weighted by atomic mass is 10.3. The second kappa shape index (κ2) is 8.60. The molecule has 0 N–H and O–H groups in total. The van der Waals surface area contributed by atoms with Gasteiger partial charge in [0.15, 0.2) is 0 Å². The van der Waals surface area contributed by atoms with Gasteiger partial charge in [0.1, 0.15) is 17.9 Å². The van der Waals surface area contributed by atoms with Gasteiger partial charge in [0.2, 0.25) is 5.88 Å². The first-order valence-corrected chi connectivity index (χ1v) is 12.8. The summed E-state index contributed by atoms with van der Waals surface area (Å²) in [5.74, 6) is -0.226. The summed E-state index contributed by atoms with van der Waals surface area (Å²) in [6.45, 7) is 9.50. The van der Waals surface area contributed by atoms with Crippen molar-refractivity contribution in [2.75, 3.05) is 20.3 Å². The molecule has 2 aromatic heterocycles. The number of methoxy groups -OCH3 is 1. The normalized spacial score (nSPS) is 11.8. The molecule has 0 saturated carbocycles. The predicted octanol–water partition coefficient (Wildman–Crippen LogP) is 4.84. The summed E-state index contributed by atoms with van der Waals surface area (Å²) in [5, 5.41) is 1.03. The number of halogens is 2. The van der Waals surface area contributed by atoms with Gasteiger partial charge in [-0.15, -0.1) is 0 Å². The van der Waals surface area contributed by atoms with Gasteiger partial charge in [-0.05, 0) is 13.0 Å². The molecule has 0 unspecified atom stereocenters. The zero-order chi connectivity index (χ0) is 19.5. The summed E-state index contributed by atoms with van der Waals surface area (Å²) in [7, 11) is 0.268. The molecule has 0 bridgehead atoms. The van der Waals surface area contributed by atoms with Crippen LogP contribution >= 0.6 is 23.2 Å². The van der Waals surface area contributed by atoms with E-state index >= 15 is 0 Å². The minimum Gasteiger partial charge on any atom is -0.479 e. The van der Waals surface area contributed by atoms with Crippen molar-refractivity contribution >= 4 is 48.1 Å².